The van der Waals surface area contributed by atoms with Gasteiger partial charge in [-0.3, -0.25) is 14.5 Å². The van der Waals surface area contributed by atoms with E-state index in [0.29, 0.717) is 49.5 Å². The summed E-state index contributed by atoms with van der Waals surface area (Å²) >= 11 is 7.71. The Hall–Kier alpha value is -4.40. The second kappa shape index (κ2) is 10.8. The van der Waals surface area contributed by atoms with Crippen LogP contribution in [0.1, 0.15) is 27.6 Å². The summed E-state index contributed by atoms with van der Waals surface area (Å²) in [7, 11) is 3.06. The van der Waals surface area contributed by atoms with Crippen LogP contribution in [-0.2, 0) is 0 Å². The number of nitrogens with two attached hydrogens (primary N) is 1. The molecule has 2 N–H and O–H groups in total. The van der Waals surface area contributed by atoms with E-state index < -0.39 is 0 Å². The number of anilines is 3. The van der Waals surface area contributed by atoms with Crippen LogP contribution >= 0.6 is 22.9 Å². The molecule has 5 aromatic rings. The number of Topliss-reactive ketones (excluding diaryl/α,β-unsaturated/α-hetero) is 1. The molecule has 0 saturated heterocycles. The maximum absolute atomic E-state index is 14.0. The van der Waals surface area contributed by atoms with Crippen molar-refractivity contribution in [2.45, 2.75) is 6.92 Å². The van der Waals surface area contributed by atoms with Crippen LogP contribution in [0.25, 0.3) is 21.3 Å². The zero-order valence-corrected chi connectivity index (χ0v) is 23.0. The number of aromatic nitrogens is 1. The monoisotopic (exact) mass is 557 g/mol. The fourth-order valence-corrected chi connectivity index (χ4v) is 5.69. The Bertz CT molecular complexity index is 1720. The first-order valence-electron chi connectivity index (χ1n) is 11.9. The van der Waals surface area contributed by atoms with Crippen LogP contribution in [0.2, 0.25) is 5.02 Å². The number of halogens is 1. The van der Waals surface area contributed by atoms with E-state index in [-0.39, 0.29) is 17.4 Å². The molecule has 5 rings (SSSR count). The number of carbonyl (C=O) groups is 2. The summed E-state index contributed by atoms with van der Waals surface area (Å²) in [4.78, 5) is 32.9. The Labute approximate surface area is 234 Å². The molecule has 196 valence electrons. The van der Waals surface area contributed by atoms with Crippen LogP contribution in [0, 0.1) is 0 Å². The summed E-state index contributed by atoms with van der Waals surface area (Å²) in [5.74, 6) is 0.392. The molecule has 0 saturated carbocycles. The number of benzene rings is 4. The Kier molecular flexibility index (Phi) is 7.24. The van der Waals surface area contributed by atoms with Gasteiger partial charge in [-0.1, -0.05) is 65.4 Å². The van der Waals surface area contributed by atoms with Crippen molar-refractivity contribution in [3.05, 3.63) is 95.0 Å². The molecule has 1 aromatic heterocycles. The molecular weight excluding hydrogens is 534 g/mol. The van der Waals surface area contributed by atoms with Crippen LogP contribution in [0.3, 0.4) is 0 Å². The van der Waals surface area contributed by atoms with E-state index in [2.05, 4.69) is 0 Å². The highest BCUT2D eigenvalue weighted by atomic mass is 35.5. The summed E-state index contributed by atoms with van der Waals surface area (Å²) in [5, 5.41) is 0.660. The third-order valence-electron chi connectivity index (χ3n) is 6.27. The van der Waals surface area contributed by atoms with Crippen LogP contribution < -0.4 is 20.1 Å². The lowest BCUT2D eigenvalue weighted by Gasteiger charge is -2.22. The van der Waals surface area contributed by atoms with E-state index in [1.165, 1.54) is 37.4 Å². The van der Waals surface area contributed by atoms with Crippen molar-refractivity contribution in [2.24, 2.45) is 0 Å². The molecule has 0 atom stereocenters. The Balaban J connectivity index is 1.75. The molecule has 4 aromatic carbocycles. The van der Waals surface area contributed by atoms with Crippen LogP contribution in [-0.4, -0.2) is 30.9 Å². The Morgan fingerprint density at radius 2 is 1.62 bits per heavy atom. The number of ether oxygens (including phenoxy) is 2. The number of fused-ring (bicyclic) bond motifs is 1. The van der Waals surface area contributed by atoms with Crippen molar-refractivity contribution < 1.29 is 19.1 Å². The summed E-state index contributed by atoms with van der Waals surface area (Å²) < 4.78 is 11.6. The minimum absolute atomic E-state index is 0.174. The van der Waals surface area contributed by atoms with Crippen molar-refractivity contribution in [3.8, 4) is 22.6 Å². The number of nitrogens with zero attached hydrogens (tertiary/aromatic N) is 2. The first-order chi connectivity index (χ1) is 18.8. The number of nitrogen functional groups attached to an aromatic ring is 1. The standard InChI is InChI=1S/C30H24ClN3O4S/c1-17(35)26-21(18-9-5-4-6-10-18)16-25-28(27(26)32)33-30(39-25)34(29(36)20-11-7-8-12-22(20)31)19-13-14-23(37-2)24(15-19)38-3/h4-16H,32H2,1-3H3. The molecule has 0 aliphatic carbocycles. The average molecular weight is 558 g/mol. The van der Waals surface area contributed by atoms with Crippen molar-refractivity contribution in [3.63, 3.8) is 0 Å². The van der Waals surface area contributed by atoms with Crippen molar-refractivity contribution in [2.75, 3.05) is 24.9 Å². The van der Waals surface area contributed by atoms with Crippen LogP contribution in [0.4, 0.5) is 16.5 Å². The van der Waals surface area contributed by atoms with Gasteiger partial charge in [0.15, 0.2) is 22.4 Å². The number of methoxy groups -OCH3 is 2. The van der Waals surface area contributed by atoms with Crippen molar-refractivity contribution in [1.82, 2.24) is 4.98 Å². The third kappa shape index (κ3) is 4.80. The van der Waals surface area contributed by atoms with Crippen LogP contribution in [0.15, 0.2) is 78.9 Å². The largest absolute Gasteiger partial charge is 0.493 e. The molecule has 0 aliphatic heterocycles. The highest BCUT2D eigenvalue weighted by Gasteiger charge is 2.28. The number of thiazole rings is 1. The molecule has 0 aliphatic rings. The van der Waals surface area contributed by atoms with Crippen molar-refractivity contribution >= 4 is 61.4 Å². The zero-order valence-electron chi connectivity index (χ0n) is 21.4. The maximum Gasteiger partial charge on any atom is 0.266 e. The normalized spacial score (nSPS) is 10.9. The van der Waals surface area contributed by atoms with Crippen LogP contribution in [0.5, 0.6) is 11.5 Å². The van der Waals surface area contributed by atoms with Gasteiger partial charge in [-0.25, -0.2) is 4.98 Å². The minimum Gasteiger partial charge on any atom is -0.493 e. The fourth-order valence-electron chi connectivity index (χ4n) is 4.43. The van der Waals surface area contributed by atoms with E-state index in [1.54, 1.807) is 42.5 Å². The second-order valence-electron chi connectivity index (χ2n) is 8.64. The van der Waals surface area contributed by atoms with E-state index in [9.17, 15) is 9.59 Å². The molecular formula is C30H24ClN3O4S. The molecule has 1 heterocycles. The van der Waals surface area contributed by atoms with E-state index in [4.69, 9.17) is 31.8 Å². The molecule has 1 amide bonds. The van der Waals surface area contributed by atoms with E-state index in [0.717, 1.165) is 10.3 Å². The second-order valence-corrected chi connectivity index (χ2v) is 10.1. The minimum atomic E-state index is -0.388. The molecule has 7 nitrogen and oxygen atoms in total. The SMILES string of the molecule is COc1ccc(N(C(=O)c2ccccc2Cl)c2nc3c(N)c(C(C)=O)c(-c4ccccc4)cc3s2)cc1OC. The quantitative estimate of drug-likeness (QED) is 0.165. The first kappa shape index (κ1) is 26.2. The highest BCUT2D eigenvalue weighted by molar-refractivity contribution is 7.22. The summed E-state index contributed by atoms with van der Waals surface area (Å²) in [6.45, 7) is 1.48. The summed E-state index contributed by atoms with van der Waals surface area (Å²) in [5.41, 5.74) is 10.0. The highest BCUT2D eigenvalue weighted by Crippen LogP contribution is 2.43. The number of hydrogen-bond acceptors (Lipinski definition) is 7. The molecule has 9 heteroatoms. The first-order valence-corrected chi connectivity index (χ1v) is 13.1. The lowest BCUT2D eigenvalue weighted by atomic mass is 9.95. The summed E-state index contributed by atoms with van der Waals surface area (Å²) in [6.07, 6.45) is 0. The Morgan fingerprint density at radius 3 is 2.28 bits per heavy atom. The number of carbonyl (C=O) groups excluding carboxylic acids is 2. The van der Waals surface area contributed by atoms with Gasteiger partial charge in [0.05, 0.1) is 46.4 Å². The number of amides is 1. The third-order valence-corrected chi connectivity index (χ3v) is 7.59. The van der Waals surface area contributed by atoms with Gasteiger partial charge in [-0.05, 0) is 48.4 Å². The fraction of sp³-hybridized carbons (Fsp3) is 0.100. The van der Waals surface area contributed by atoms with Gasteiger partial charge in [0.2, 0.25) is 0 Å². The predicted molar refractivity (Wildman–Crippen MR) is 157 cm³/mol. The van der Waals surface area contributed by atoms with Gasteiger partial charge in [0.1, 0.15) is 5.52 Å². The number of ketones is 1. The van der Waals surface area contributed by atoms with E-state index in [1.807, 2.05) is 36.4 Å². The Morgan fingerprint density at radius 1 is 0.923 bits per heavy atom. The molecule has 0 unspecified atom stereocenters. The van der Waals surface area contributed by atoms with Gasteiger partial charge in [0.25, 0.3) is 5.91 Å². The summed E-state index contributed by atoms with van der Waals surface area (Å²) in [6, 6.07) is 23.4. The average Bonchev–Trinajstić information content (AvgIpc) is 3.37. The zero-order chi connectivity index (χ0) is 27.7. The van der Waals surface area contributed by atoms with Gasteiger partial charge in [-0.15, -0.1) is 0 Å². The molecule has 0 fully saturated rings. The van der Waals surface area contributed by atoms with Gasteiger partial charge >= 0.3 is 0 Å². The van der Waals surface area contributed by atoms with Gasteiger partial charge < -0.3 is 15.2 Å². The van der Waals surface area contributed by atoms with Gasteiger partial charge in [0, 0.05) is 6.07 Å². The molecule has 0 radical (unpaired) electrons. The van der Waals surface area contributed by atoms with Gasteiger partial charge in [-0.2, -0.15) is 0 Å². The lowest BCUT2D eigenvalue weighted by molar-refractivity contribution is 0.0995. The number of rotatable bonds is 7. The number of hydrogen-bond donors (Lipinski definition) is 1. The lowest BCUT2D eigenvalue weighted by Crippen LogP contribution is -2.26. The molecule has 0 spiro atoms. The van der Waals surface area contributed by atoms with E-state index >= 15 is 0 Å². The van der Waals surface area contributed by atoms with Crippen molar-refractivity contribution in [1.29, 1.82) is 0 Å². The predicted octanol–water partition coefficient (Wildman–Crippen LogP) is 7.40. The molecule has 0 bridgehead atoms. The topological polar surface area (TPSA) is 94.8 Å². The molecule has 39 heavy (non-hydrogen) atoms. The smallest absolute Gasteiger partial charge is 0.266 e. The maximum atomic E-state index is 14.0.